The van der Waals surface area contributed by atoms with Gasteiger partial charge in [-0.05, 0) is 30.4 Å². The SMILES string of the molecule is O=C(O)C=Cc1cccc2c1OC1CCC(NS(=O)(=O)c3cccc4ccccc34)C21. The smallest absolute Gasteiger partial charge is 0.328 e. The minimum atomic E-state index is -3.74. The lowest BCUT2D eigenvalue weighted by Gasteiger charge is -2.20. The lowest BCUT2D eigenvalue weighted by molar-refractivity contribution is -0.131. The number of fused-ring (bicyclic) bond motifs is 4. The number of aliphatic carboxylic acids is 1. The molecule has 2 N–H and O–H groups in total. The number of hydrogen-bond acceptors (Lipinski definition) is 4. The topological polar surface area (TPSA) is 92.7 Å². The predicted octanol–water partition coefficient (Wildman–Crippen LogP) is 3.92. The molecule has 3 aromatic carbocycles. The minimum absolute atomic E-state index is 0.113. The first kappa shape index (κ1) is 19.8. The Bertz CT molecular complexity index is 1310. The van der Waals surface area contributed by atoms with E-state index in [1.54, 1.807) is 18.2 Å². The molecule has 158 valence electrons. The molecule has 3 aromatic rings. The summed E-state index contributed by atoms with van der Waals surface area (Å²) in [5.74, 6) is -0.501. The van der Waals surface area contributed by atoms with Gasteiger partial charge in [-0.15, -0.1) is 0 Å². The van der Waals surface area contributed by atoms with Crippen molar-refractivity contribution in [2.75, 3.05) is 0 Å². The van der Waals surface area contributed by atoms with Crippen LogP contribution in [0.25, 0.3) is 16.8 Å². The van der Waals surface area contributed by atoms with Crippen molar-refractivity contribution in [2.24, 2.45) is 0 Å². The van der Waals surface area contributed by atoms with E-state index in [4.69, 9.17) is 9.84 Å². The normalized spacial score (nSPS) is 22.4. The molecule has 1 fully saturated rings. The van der Waals surface area contributed by atoms with Gasteiger partial charge in [-0.1, -0.05) is 54.6 Å². The van der Waals surface area contributed by atoms with Gasteiger partial charge in [-0.25, -0.2) is 17.9 Å². The summed E-state index contributed by atoms with van der Waals surface area (Å²) in [6.45, 7) is 0. The summed E-state index contributed by atoms with van der Waals surface area (Å²) in [5.41, 5.74) is 1.60. The van der Waals surface area contributed by atoms with Gasteiger partial charge in [0.2, 0.25) is 10.0 Å². The number of benzene rings is 3. The summed E-state index contributed by atoms with van der Waals surface area (Å²) in [4.78, 5) is 11.2. The Labute approximate surface area is 180 Å². The van der Waals surface area contributed by atoms with Gasteiger partial charge in [-0.2, -0.15) is 0 Å². The molecule has 0 spiro atoms. The predicted molar refractivity (Wildman–Crippen MR) is 118 cm³/mol. The highest BCUT2D eigenvalue weighted by Crippen LogP contribution is 2.49. The summed E-state index contributed by atoms with van der Waals surface area (Å²) in [7, 11) is -3.74. The lowest BCUT2D eigenvalue weighted by atomic mass is 9.93. The van der Waals surface area contributed by atoms with Gasteiger partial charge in [0.25, 0.3) is 0 Å². The van der Waals surface area contributed by atoms with E-state index in [0.717, 1.165) is 23.4 Å². The molecule has 1 aliphatic heterocycles. The maximum absolute atomic E-state index is 13.3. The van der Waals surface area contributed by atoms with Crippen molar-refractivity contribution in [1.82, 2.24) is 4.72 Å². The zero-order valence-electron chi connectivity index (χ0n) is 16.6. The maximum Gasteiger partial charge on any atom is 0.328 e. The molecule has 3 atom stereocenters. The fraction of sp³-hybridized carbons (Fsp3) is 0.208. The van der Waals surface area contributed by atoms with Crippen molar-refractivity contribution >= 4 is 32.8 Å². The molecular formula is C24H21NO5S. The van der Waals surface area contributed by atoms with E-state index in [-0.39, 0.29) is 23.0 Å². The van der Waals surface area contributed by atoms with E-state index in [1.807, 2.05) is 42.5 Å². The molecule has 1 saturated carbocycles. The summed E-state index contributed by atoms with van der Waals surface area (Å²) < 4.78 is 35.7. The second-order valence-corrected chi connectivity index (χ2v) is 9.58. The first-order valence-electron chi connectivity index (χ1n) is 10.1. The largest absolute Gasteiger partial charge is 0.489 e. The molecule has 3 unspecified atom stereocenters. The van der Waals surface area contributed by atoms with E-state index in [1.165, 1.54) is 6.08 Å². The van der Waals surface area contributed by atoms with Crippen LogP contribution in [-0.4, -0.2) is 31.6 Å². The third-order valence-corrected chi connectivity index (χ3v) is 7.60. The quantitative estimate of drug-likeness (QED) is 0.593. The highest BCUT2D eigenvalue weighted by atomic mass is 32.2. The summed E-state index contributed by atoms with van der Waals surface area (Å²) in [6.07, 6.45) is 3.86. The number of ether oxygens (including phenoxy) is 1. The minimum Gasteiger partial charge on any atom is -0.489 e. The molecule has 0 bridgehead atoms. The molecule has 0 radical (unpaired) electrons. The highest BCUT2D eigenvalue weighted by Gasteiger charge is 2.46. The second kappa shape index (κ2) is 7.51. The number of sulfonamides is 1. The number of carboxylic acids is 1. The van der Waals surface area contributed by atoms with Gasteiger partial charge in [0.05, 0.1) is 4.90 Å². The molecule has 0 saturated heterocycles. The van der Waals surface area contributed by atoms with Crippen molar-refractivity contribution in [2.45, 2.75) is 35.8 Å². The Morgan fingerprint density at radius 3 is 2.65 bits per heavy atom. The third kappa shape index (κ3) is 3.49. The average Bonchev–Trinajstić information content (AvgIpc) is 3.31. The van der Waals surface area contributed by atoms with Gasteiger partial charge in [0, 0.05) is 34.5 Å². The van der Waals surface area contributed by atoms with Crippen molar-refractivity contribution in [3.8, 4) is 5.75 Å². The summed E-state index contributed by atoms with van der Waals surface area (Å²) in [6, 6.07) is 18.0. The van der Waals surface area contributed by atoms with Crippen LogP contribution in [0, 0.1) is 0 Å². The van der Waals surface area contributed by atoms with Crippen molar-refractivity contribution in [1.29, 1.82) is 0 Å². The number of para-hydroxylation sites is 1. The molecule has 1 aliphatic carbocycles. The fourth-order valence-corrected chi connectivity index (χ4v) is 6.28. The molecular weight excluding hydrogens is 414 g/mol. The van der Waals surface area contributed by atoms with E-state index in [9.17, 15) is 13.2 Å². The number of rotatable bonds is 5. The summed E-state index contributed by atoms with van der Waals surface area (Å²) in [5, 5.41) is 10.5. The molecule has 0 amide bonds. The van der Waals surface area contributed by atoms with Crippen LogP contribution in [0.5, 0.6) is 5.75 Å². The van der Waals surface area contributed by atoms with E-state index < -0.39 is 16.0 Å². The molecule has 5 rings (SSSR count). The zero-order valence-corrected chi connectivity index (χ0v) is 17.4. The Balaban J connectivity index is 1.48. The fourth-order valence-electron chi connectivity index (χ4n) is 4.75. The Kier molecular flexibility index (Phi) is 4.79. The Morgan fingerprint density at radius 2 is 1.81 bits per heavy atom. The molecule has 31 heavy (non-hydrogen) atoms. The van der Waals surface area contributed by atoms with Crippen LogP contribution in [-0.2, 0) is 14.8 Å². The van der Waals surface area contributed by atoms with Crippen molar-refractivity contribution in [3.05, 3.63) is 77.9 Å². The Hall–Kier alpha value is -3.16. The standard InChI is InChI=1S/C24H21NO5S/c26-22(27)14-11-16-7-3-9-18-23-19(12-13-20(23)30-24(16)18)25-31(28,29)21-10-4-6-15-5-1-2-8-17(15)21/h1-11,14,19-20,23,25H,12-13H2,(H,26,27). The average molecular weight is 436 g/mol. The van der Waals surface area contributed by atoms with Gasteiger partial charge in [0.1, 0.15) is 11.9 Å². The van der Waals surface area contributed by atoms with E-state index in [0.29, 0.717) is 23.1 Å². The molecule has 1 heterocycles. The summed E-state index contributed by atoms with van der Waals surface area (Å²) >= 11 is 0. The van der Waals surface area contributed by atoms with Crippen LogP contribution >= 0.6 is 0 Å². The van der Waals surface area contributed by atoms with Crippen LogP contribution in [0.15, 0.2) is 71.6 Å². The van der Waals surface area contributed by atoms with Gasteiger partial charge in [0.15, 0.2) is 0 Å². The van der Waals surface area contributed by atoms with Crippen LogP contribution in [0.4, 0.5) is 0 Å². The number of carbonyl (C=O) groups is 1. The first-order chi connectivity index (χ1) is 14.9. The molecule has 2 aliphatic rings. The van der Waals surface area contributed by atoms with Crippen molar-refractivity contribution in [3.63, 3.8) is 0 Å². The number of carboxylic acid groups (broad SMARTS) is 1. The van der Waals surface area contributed by atoms with Crippen LogP contribution in [0.2, 0.25) is 0 Å². The van der Waals surface area contributed by atoms with Gasteiger partial charge < -0.3 is 9.84 Å². The first-order valence-corrected chi connectivity index (χ1v) is 11.6. The molecule has 7 heteroatoms. The van der Waals surface area contributed by atoms with Gasteiger partial charge >= 0.3 is 5.97 Å². The van der Waals surface area contributed by atoms with Crippen molar-refractivity contribution < 1.29 is 23.1 Å². The second-order valence-electron chi connectivity index (χ2n) is 7.90. The van der Waals surface area contributed by atoms with Crippen LogP contribution in [0.1, 0.15) is 29.9 Å². The monoisotopic (exact) mass is 435 g/mol. The maximum atomic E-state index is 13.3. The lowest BCUT2D eigenvalue weighted by Crippen LogP contribution is -2.37. The zero-order chi connectivity index (χ0) is 21.6. The number of hydrogen-bond donors (Lipinski definition) is 2. The Morgan fingerprint density at radius 1 is 1.03 bits per heavy atom. The number of nitrogens with one attached hydrogen (secondary N) is 1. The van der Waals surface area contributed by atoms with Gasteiger partial charge in [-0.3, -0.25) is 0 Å². The van der Waals surface area contributed by atoms with E-state index in [2.05, 4.69) is 4.72 Å². The van der Waals surface area contributed by atoms with Crippen LogP contribution in [0.3, 0.4) is 0 Å². The highest BCUT2D eigenvalue weighted by molar-refractivity contribution is 7.89. The third-order valence-electron chi connectivity index (χ3n) is 6.05. The molecule has 6 nitrogen and oxygen atoms in total. The van der Waals surface area contributed by atoms with E-state index >= 15 is 0 Å². The molecule has 0 aromatic heterocycles. The van der Waals surface area contributed by atoms with Crippen LogP contribution < -0.4 is 9.46 Å².